The summed E-state index contributed by atoms with van der Waals surface area (Å²) in [6.07, 6.45) is 9.97. The second-order valence-corrected chi connectivity index (χ2v) is 9.63. The number of hydrogen-bond donors (Lipinski definition) is 3. The number of nitrogens with zero attached hydrogens (tertiary/aromatic N) is 7. The summed E-state index contributed by atoms with van der Waals surface area (Å²) in [6.45, 7) is 5.71. The van der Waals surface area contributed by atoms with E-state index in [2.05, 4.69) is 41.8 Å². The van der Waals surface area contributed by atoms with Gasteiger partial charge in [0, 0.05) is 74.2 Å². The van der Waals surface area contributed by atoms with Crippen LogP contribution in [-0.2, 0) is 12.6 Å². The number of halogens is 1. The molecule has 1 aromatic carbocycles. The Kier molecular flexibility index (Phi) is 6.77. The standard InChI is InChI=1S/C27H30FN9O/c1-18-15-36(25(33-17-29)24-10-19(11-30-24)20-12-34-35(3)16-20)8-9-37(18)26-31-13-22(14-32-26)27(2,38)21-4-6-23(28)7-5-21/h4-7,10-14,16-18,29-30,38H,8-9,15H2,1-3H3/t18-,27+/m1/s1. The molecular formula is C27H30FN9O. The number of anilines is 1. The second-order valence-electron chi connectivity index (χ2n) is 9.63. The molecule has 1 aliphatic heterocycles. The first-order valence-corrected chi connectivity index (χ1v) is 12.3. The molecule has 38 heavy (non-hydrogen) atoms. The van der Waals surface area contributed by atoms with Crippen LogP contribution < -0.4 is 4.90 Å². The monoisotopic (exact) mass is 515 g/mol. The molecule has 2 atom stereocenters. The zero-order valence-electron chi connectivity index (χ0n) is 21.5. The van der Waals surface area contributed by atoms with Crippen molar-refractivity contribution in [2.45, 2.75) is 25.5 Å². The van der Waals surface area contributed by atoms with Crippen LogP contribution in [0.15, 0.2) is 66.3 Å². The van der Waals surface area contributed by atoms with Crippen molar-refractivity contribution in [3.8, 4) is 11.1 Å². The predicted molar refractivity (Wildman–Crippen MR) is 144 cm³/mol. The largest absolute Gasteiger partial charge is 0.381 e. The molecule has 1 fully saturated rings. The maximum Gasteiger partial charge on any atom is 0.225 e. The van der Waals surface area contributed by atoms with Gasteiger partial charge in [0.25, 0.3) is 0 Å². The van der Waals surface area contributed by atoms with E-state index in [1.807, 2.05) is 31.7 Å². The molecule has 0 saturated carbocycles. The number of H-pyrrole nitrogens is 1. The Labute approximate surface area is 220 Å². The smallest absolute Gasteiger partial charge is 0.225 e. The molecule has 0 spiro atoms. The fourth-order valence-corrected chi connectivity index (χ4v) is 4.75. The highest BCUT2D eigenvalue weighted by atomic mass is 19.1. The van der Waals surface area contributed by atoms with Gasteiger partial charge in [0.1, 0.15) is 17.8 Å². The van der Waals surface area contributed by atoms with Gasteiger partial charge in [-0.05, 0) is 37.6 Å². The Balaban J connectivity index is 1.30. The van der Waals surface area contributed by atoms with E-state index in [1.165, 1.54) is 12.1 Å². The second kappa shape index (κ2) is 10.2. The lowest BCUT2D eigenvalue weighted by Gasteiger charge is -2.41. The van der Waals surface area contributed by atoms with Gasteiger partial charge in [0.15, 0.2) is 5.84 Å². The Morgan fingerprint density at radius 3 is 2.53 bits per heavy atom. The van der Waals surface area contributed by atoms with E-state index in [0.717, 1.165) is 23.2 Å². The molecule has 0 unspecified atom stereocenters. The summed E-state index contributed by atoms with van der Waals surface area (Å²) in [5, 5.41) is 22.9. The quantitative estimate of drug-likeness (QED) is 0.268. The topological polar surface area (TPSA) is 122 Å². The minimum Gasteiger partial charge on any atom is -0.381 e. The molecule has 1 aliphatic rings. The molecule has 4 heterocycles. The Hall–Kier alpha value is -4.38. The van der Waals surface area contributed by atoms with Gasteiger partial charge in [-0.2, -0.15) is 5.10 Å². The Bertz CT molecular complexity index is 1440. The maximum absolute atomic E-state index is 13.3. The summed E-state index contributed by atoms with van der Waals surface area (Å²) in [4.78, 5) is 21.0. The van der Waals surface area contributed by atoms with E-state index in [9.17, 15) is 9.50 Å². The molecule has 3 aromatic heterocycles. The molecule has 10 nitrogen and oxygen atoms in total. The summed E-state index contributed by atoms with van der Waals surface area (Å²) in [7, 11) is 1.88. The summed E-state index contributed by atoms with van der Waals surface area (Å²) < 4.78 is 15.1. The van der Waals surface area contributed by atoms with Crippen LogP contribution >= 0.6 is 0 Å². The summed E-state index contributed by atoms with van der Waals surface area (Å²) in [5.41, 5.74) is 2.57. The van der Waals surface area contributed by atoms with Gasteiger partial charge in [-0.15, -0.1) is 0 Å². The molecule has 196 valence electrons. The first kappa shape index (κ1) is 25.3. The minimum absolute atomic E-state index is 0.0656. The van der Waals surface area contributed by atoms with Crippen molar-refractivity contribution in [3.05, 3.63) is 84.0 Å². The first-order valence-electron chi connectivity index (χ1n) is 12.3. The molecular weight excluding hydrogens is 485 g/mol. The highest BCUT2D eigenvalue weighted by Gasteiger charge is 2.30. The number of aliphatic hydroxyl groups is 1. The Morgan fingerprint density at radius 2 is 1.89 bits per heavy atom. The number of aliphatic imine (C=N–C) groups is 1. The van der Waals surface area contributed by atoms with Crippen molar-refractivity contribution >= 4 is 18.1 Å². The van der Waals surface area contributed by atoms with E-state index in [0.29, 0.717) is 42.5 Å². The maximum atomic E-state index is 13.3. The summed E-state index contributed by atoms with van der Waals surface area (Å²) >= 11 is 0. The number of aromatic amines is 1. The number of benzene rings is 1. The fourth-order valence-electron chi connectivity index (χ4n) is 4.75. The average molecular weight is 516 g/mol. The number of rotatable bonds is 6. The molecule has 3 N–H and O–H groups in total. The molecule has 0 aliphatic carbocycles. The van der Waals surface area contributed by atoms with Crippen LogP contribution in [0.5, 0.6) is 0 Å². The lowest BCUT2D eigenvalue weighted by Crippen LogP contribution is -2.54. The molecule has 0 amide bonds. The molecule has 4 aromatic rings. The van der Waals surface area contributed by atoms with Crippen molar-refractivity contribution in [2.24, 2.45) is 12.0 Å². The third kappa shape index (κ3) is 4.92. The number of nitrogens with one attached hydrogen (secondary N) is 2. The van der Waals surface area contributed by atoms with Gasteiger partial charge in [-0.25, -0.2) is 19.4 Å². The number of hydrogen-bond acceptors (Lipinski definition) is 6. The van der Waals surface area contributed by atoms with Crippen molar-refractivity contribution in [3.63, 3.8) is 0 Å². The zero-order valence-corrected chi connectivity index (χ0v) is 21.5. The van der Waals surface area contributed by atoms with E-state index in [-0.39, 0.29) is 11.9 Å². The number of piperazine rings is 1. The third-order valence-corrected chi connectivity index (χ3v) is 6.94. The highest BCUT2D eigenvalue weighted by Crippen LogP contribution is 2.29. The van der Waals surface area contributed by atoms with E-state index in [1.54, 1.807) is 36.1 Å². The molecule has 0 bridgehead atoms. The highest BCUT2D eigenvalue weighted by molar-refractivity contribution is 6.01. The van der Waals surface area contributed by atoms with Crippen LogP contribution in [0.25, 0.3) is 11.1 Å². The molecule has 1 saturated heterocycles. The minimum atomic E-state index is -1.35. The van der Waals surface area contributed by atoms with Crippen LogP contribution in [0.3, 0.4) is 0 Å². The number of aryl methyl sites for hydroxylation is 1. The Morgan fingerprint density at radius 1 is 1.16 bits per heavy atom. The van der Waals surface area contributed by atoms with Crippen LogP contribution in [0, 0.1) is 11.2 Å². The lowest BCUT2D eigenvalue weighted by atomic mass is 9.90. The molecule has 5 rings (SSSR count). The molecule has 11 heteroatoms. The average Bonchev–Trinajstić information content (AvgIpc) is 3.57. The predicted octanol–water partition coefficient (Wildman–Crippen LogP) is 3.16. The zero-order chi connectivity index (χ0) is 26.9. The molecule has 0 radical (unpaired) electrons. The number of aromatic nitrogens is 5. The van der Waals surface area contributed by atoms with Gasteiger partial charge in [-0.1, -0.05) is 12.1 Å². The van der Waals surface area contributed by atoms with E-state index < -0.39 is 5.60 Å². The summed E-state index contributed by atoms with van der Waals surface area (Å²) in [5.74, 6) is 0.914. The van der Waals surface area contributed by atoms with E-state index >= 15 is 0 Å². The third-order valence-electron chi connectivity index (χ3n) is 6.94. The van der Waals surface area contributed by atoms with Gasteiger partial charge in [0.2, 0.25) is 5.95 Å². The van der Waals surface area contributed by atoms with Crippen LogP contribution in [0.2, 0.25) is 0 Å². The lowest BCUT2D eigenvalue weighted by molar-refractivity contribution is 0.101. The van der Waals surface area contributed by atoms with Gasteiger partial charge >= 0.3 is 0 Å². The van der Waals surface area contributed by atoms with Crippen molar-refractivity contribution in [1.82, 2.24) is 29.6 Å². The van der Waals surface area contributed by atoms with Crippen molar-refractivity contribution in [1.29, 1.82) is 5.41 Å². The van der Waals surface area contributed by atoms with Crippen LogP contribution in [0.1, 0.15) is 30.7 Å². The first-order chi connectivity index (χ1) is 18.3. The van der Waals surface area contributed by atoms with E-state index in [4.69, 9.17) is 5.41 Å². The van der Waals surface area contributed by atoms with Gasteiger partial charge in [-0.3, -0.25) is 10.1 Å². The van der Waals surface area contributed by atoms with Gasteiger partial charge < -0.3 is 19.9 Å². The van der Waals surface area contributed by atoms with Gasteiger partial charge in [0.05, 0.1) is 11.9 Å². The van der Waals surface area contributed by atoms with Crippen molar-refractivity contribution < 1.29 is 9.50 Å². The van der Waals surface area contributed by atoms with Crippen molar-refractivity contribution in [2.75, 3.05) is 24.5 Å². The summed E-state index contributed by atoms with van der Waals surface area (Å²) in [6, 6.07) is 7.84. The van der Waals surface area contributed by atoms with Crippen LogP contribution in [-0.4, -0.2) is 72.6 Å². The normalized spacial score (nSPS) is 17.9. The van der Waals surface area contributed by atoms with Crippen LogP contribution in [0.4, 0.5) is 10.3 Å². The SMILES string of the molecule is C[C@@H]1CN(C(=NC=N)c2cc(-c3cnn(C)c3)c[nH]2)CCN1c1ncc([C@@](C)(O)c2ccc(F)cc2)cn1. The number of amidine groups is 1. The fraction of sp³-hybridized carbons (Fsp3) is 0.296.